The maximum Gasteiger partial charge on any atom is 0.416 e. The van der Waals surface area contributed by atoms with E-state index in [2.05, 4.69) is 4.98 Å². The first-order valence-electron chi connectivity index (χ1n) is 5.97. The number of hydrogen-bond donors (Lipinski definition) is 2. The summed E-state index contributed by atoms with van der Waals surface area (Å²) >= 11 is 0. The Morgan fingerprint density at radius 2 is 1.90 bits per heavy atom. The summed E-state index contributed by atoms with van der Waals surface area (Å²) in [6, 6.07) is 3.44. The van der Waals surface area contributed by atoms with Gasteiger partial charge in [-0.3, -0.25) is 0 Å². The lowest BCUT2D eigenvalue weighted by Crippen LogP contribution is -2.15. The van der Waals surface area contributed by atoms with E-state index in [-0.39, 0.29) is 11.4 Å². The van der Waals surface area contributed by atoms with Crippen LogP contribution in [0.25, 0.3) is 0 Å². The van der Waals surface area contributed by atoms with Gasteiger partial charge in [0.05, 0.1) is 5.56 Å². The molecule has 0 spiro atoms. The number of halogens is 4. The highest BCUT2D eigenvalue weighted by Gasteiger charge is 2.36. The van der Waals surface area contributed by atoms with Gasteiger partial charge in [-0.25, -0.2) is 9.37 Å². The molecule has 112 valence electrons. The SMILES string of the molecule is Cc1ccnc(N)c1C(O)c1cc(F)ccc1C(F)(F)F. The summed E-state index contributed by atoms with van der Waals surface area (Å²) in [4.78, 5) is 3.74. The molecular formula is C14H12F4N2O. The Morgan fingerprint density at radius 1 is 1.24 bits per heavy atom. The van der Waals surface area contributed by atoms with Crippen molar-refractivity contribution in [3.05, 3.63) is 58.5 Å². The van der Waals surface area contributed by atoms with E-state index in [0.717, 1.165) is 0 Å². The second kappa shape index (κ2) is 5.33. The van der Waals surface area contributed by atoms with Crippen molar-refractivity contribution in [1.29, 1.82) is 0 Å². The second-order valence-corrected chi connectivity index (χ2v) is 4.56. The number of aryl methyl sites for hydroxylation is 1. The van der Waals surface area contributed by atoms with E-state index in [1.54, 1.807) is 6.92 Å². The minimum absolute atomic E-state index is 0.0357. The number of aliphatic hydroxyl groups is 1. The van der Waals surface area contributed by atoms with Crippen molar-refractivity contribution >= 4 is 5.82 Å². The van der Waals surface area contributed by atoms with Crippen molar-refractivity contribution in [2.75, 3.05) is 5.73 Å². The number of benzene rings is 1. The third kappa shape index (κ3) is 2.97. The van der Waals surface area contributed by atoms with Crippen LogP contribution < -0.4 is 5.73 Å². The molecule has 3 N–H and O–H groups in total. The maximum absolute atomic E-state index is 13.3. The van der Waals surface area contributed by atoms with E-state index in [1.165, 1.54) is 12.3 Å². The molecular weight excluding hydrogens is 288 g/mol. The molecule has 2 aromatic rings. The zero-order valence-electron chi connectivity index (χ0n) is 10.9. The highest BCUT2D eigenvalue weighted by atomic mass is 19.4. The summed E-state index contributed by atoms with van der Waals surface area (Å²) in [5.74, 6) is -0.975. The van der Waals surface area contributed by atoms with Crippen LogP contribution in [0, 0.1) is 12.7 Å². The third-order valence-electron chi connectivity index (χ3n) is 3.13. The molecule has 3 nitrogen and oxygen atoms in total. The Bertz CT molecular complexity index is 650. The van der Waals surface area contributed by atoms with Crippen LogP contribution in [0.2, 0.25) is 0 Å². The molecule has 1 aromatic heterocycles. The Hall–Kier alpha value is -2.15. The van der Waals surface area contributed by atoms with Gasteiger partial charge in [0, 0.05) is 17.3 Å². The second-order valence-electron chi connectivity index (χ2n) is 4.56. The molecule has 1 heterocycles. The van der Waals surface area contributed by atoms with Gasteiger partial charge in [-0.05, 0) is 36.8 Å². The van der Waals surface area contributed by atoms with Crippen molar-refractivity contribution in [2.45, 2.75) is 19.2 Å². The molecule has 2 rings (SSSR count). The van der Waals surface area contributed by atoms with Gasteiger partial charge in [0.1, 0.15) is 17.7 Å². The first-order chi connectivity index (χ1) is 9.71. The van der Waals surface area contributed by atoms with Gasteiger partial charge >= 0.3 is 6.18 Å². The number of aliphatic hydroxyl groups excluding tert-OH is 1. The lowest BCUT2D eigenvalue weighted by atomic mass is 9.94. The van der Waals surface area contributed by atoms with Crippen molar-refractivity contribution in [1.82, 2.24) is 4.98 Å². The van der Waals surface area contributed by atoms with Crippen LogP contribution in [-0.4, -0.2) is 10.1 Å². The number of nitrogens with zero attached hydrogens (tertiary/aromatic N) is 1. The minimum atomic E-state index is -4.71. The number of anilines is 1. The van der Waals surface area contributed by atoms with E-state index < -0.39 is 29.2 Å². The average Bonchev–Trinajstić information content (AvgIpc) is 2.36. The number of aromatic nitrogens is 1. The first kappa shape index (κ1) is 15.2. The van der Waals surface area contributed by atoms with Gasteiger partial charge in [-0.15, -0.1) is 0 Å². The number of alkyl halides is 3. The standard InChI is InChI=1S/C14H12F4N2O/c1-7-4-5-20-13(19)11(7)12(21)9-6-8(15)2-3-10(9)14(16,17)18/h2-6,12,21H,1H3,(H2,19,20). The fourth-order valence-corrected chi connectivity index (χ4v) is 2.12. The van der Waals surface area contributed by atoms with Crippen LogP contribution in [0.4, 0.5) is 23.4 Å². The number of nitrogens with two attached hydrogens (primary N) is 1. The summed E-state index contributed by atoms with van der Waals surface area (Å²) in [7, 11) is 0. The van der Waals surface area contributed by atoms with Crippen LogP contribution in [0.1, 0.15) is 28.4 Å². The van der Waals surface area contributed by atoms with Crippen LogP contribution in [0.3, 0.4) is 0 Å². The zero-order valence-corrected chi connectivity index (χ0v) is 10.9. The molecule has 1 aromatic carbocycles. The summed E-state index contributed by atoms with van der Waals surface area (Å²) in [6.07, 6.45) is -5.06. The van der Waals surface area contributed by atoms with Crippen LogP contribution >= 0.6 is 0 Å². The third-order valence-corrected chi connectivity index (χ3v) is 3.13. The van der Waals surface area contributed by atoms with E-state index >= 15 is 0 Å². The normalized spacial score (nSPS) is 13.2. The van der Waals surface area contributed by atoms with E-state index in [4.69, 9.17) is 5.73 Å². The van der Waals surface area contributed by atoms with Gasteiger partial charge < -0.3 is 10.8 Å². The fourth-order valence-electron chi connectivity index (χ4n) is 2.12. The number of rotatable bonds is 2. The average molecular weight is 300 g/mol. The molecule has 1 atom stereocenters. The van der Waals surface area contributed by atoms with Crippen LogP contribution in [0.15, 0.2) is 30.5 Å². The quantitative estimate of drug-likeness (QED) is 0.837. The number of hydrogen-bond acceptors (Lipinski definition) is 3. The lowest BCUT2D eigenvalue weighted by Gasteiger charge is -2.20. The minimum Gasteiger partial charge on any atom is -0.383 e. The highest BCUT2D eigenvalue weighted by molar-refractivity contribution is 5.50. The van der Waals surface area contributed by atoms with E-state index in [1.807, 2.05) is 0 Å². The van der Waals surface area contributed by atoms with Crippen molar-refractivity contribution in [3.63, 3.8) is 0 Å². The summed E-state index contributed by atoms with van der Waals surface area (Å²) in [5.41, 5.74) is 4.41. The largest absolute Gasteiger partial charge is 0.416 e. The fraction of sp³-hybridized carbons (Fsp3) is 0.214. The maximum atomic E-state index is 13.3. The number of nitrogen functional groups attached to an aromatic ring is 1. The van der Waals surface area contributed by atoms with Crippen LogP contribution in [-0.2, 0) is 6.18 Å². The molecule has 1 unspecified atom stereocenters. The monoisotopic (exact) mass is 300 g/mol. The molecule has 0 aliphatic carbocycles. The molecule has 21 heavy (non-hydrogen) atoms. The molecule has 0 saturated heterocycles. The summed E-state index contributed by atoms with van der Waals surface area (Å²) in [6.45, 7) is 1.57. The van der Waals surface area contributed by atoms with Crippen LogP contribution in [0.5, 0.6) is 0 Å². The van der Waals surface area contributed by atoms with Crippen molar-refractivity contribution in [3.8, 4) is 0 Å². The Labute approximate surface area is 118 Å². The Kier molecular flexibility index (Phi) is 3.87. The van der Waals surface area contributed by atoms with Crippen molar-refractivity contribution in [2.24, 2.45) is 0 Å². The Balaban J connectivity index is 2.63. The Morgan fingerprint density at radius 3 is 2.48 bits per heavy atom. The van der Waals surface area contributed by atoms with Gasteiger partial charge in [0.25, 0.3) is 0 Å². The topological polar surface area (TPSA) is 59.1 Å². The van der Waals surface area contributed by atoms with Gasteiger partial charge in [0.2, 0.25) is 0 Å². The van der Waals surface area contributed by atoms with Gasteiger partial charge in [-0.1, -0.05) is 0 Å². The molecule has 7 heteroatoms. The molecule has 0 amide bonds. The summed E-state index contributed by atoms with van der Waals surface area (Å²) < 4.78 is 52.2. The zero-order chi connectivity index (χ0) is 15.8. The molecule has 0 radical (unpaired) electrons. The predicted molar refractivity (Wildman–Crippen MR) is 68.9 cm³/mol. The lowest BCUT2D eigenvalue weighted by molar-refractivity contribution is -0.139. The van der Waals surface area contributed by atoms with Gasteiger partial charge in [-0.2, -0.15) is 13.2 Å². The van der Waals surface area contributed by atoms with Gasteiger partial charge in [0.15, 0.2) is 0 Å². The van der Waals surface area contributed by atoms with Crippen molar-refractivity contribution < 1.29 is 22.7 Å². The smallest absolute Gasteiger partial charge is 0.383 e. The molecule has 0 aliphatic rings. The predicted octanol–water partition coefficient (Wildman–Crippen LogP) is 3.21. The van der Waals surface area contributed by atoms with E-state index in [0.29, 0.717) is 23.8 Å². The summed E-state index contributed by atoms with van der Waals surface area (Å²) in [5, 5.41) is 10.2. The first-order valence-corrected chi connectivity index (χ1v) is 5.97. The molecule has 0 aliphatic heterocycles. The van der Waals surface area contributed by atoms with E-state index in [9.17, 15) is 22.7 Å². The number of pyridine rings is 1. The molecule has 0 fully saturated rings. The molecule has 0 bridgehead atoms. The molecule has 0 saturated carbocycles. The highest BCUT2D eigenvalue weighted by Crippen LogP contribution is 2.38.